The van der Waals surface area contributed by atoms with Crippen molar-refractivity contribution in [1.82, 2.24) is 10.3 Å². The maximum Gasteiger partial charge on any atom is 0.140 e. The number of carbonyl (C=O) groups is 1. The first-order valence-corrected chi connectivity index (χ1v) is 6.91. The van der Waals surface area contributed by atoms with Crippen LogP contribution in [-0.2, 0) is 11.2 Å². The average Bonchev–Trinajstić information content (AvgIpc) is 3.07. The van der Waals surface area contributed by atoms with Gasteiger partial charge in [-0.15, -0.1) is 0 Å². The number of Topliss-reactive ketones (excluding diaryl/α,β-unsaturated/α-hetero) is 1. The number of halogens is 1. The van der Waals surface area contributed by atoms with Crippen LogP contribution in [0, 0.1) is 11.3 Å². The highest BCUT2D eigenvalue weighted by Crippen LogP contribution is 2.59. The Hall–Kier alpha value is -0.930. The van der Waals surface area contributed by atoms with E-state index in [2.05, 4.69) is 10.3 Å². The van der Waals surface area contributed by atoms with Gasteiger partial charge in [0, 0.05) is 24.7 Å². The molecule has 1 aliphatic carbocycles. The largest absolute Gasteiger partial charge is 0.317 e. The Morgan fingerprint density at radius 3 is 3.00 bits per heavy atom. The zero-order valence-electron chi connectivity index (χ0n) is 10.3. The van der Waals surface area contributed by atoms with Crippen molar-refractivity contribution in [1.29, 1.82) is 0 Å². The molecule has 1 aromatic rings. The number of nitrogens with zero attached hydrogens (tertiary/aromatic N) is 1. The van der Waals surface area contributed by atoms with Crippen molar-refractivity contribution in [2.45, 2.75) is 25.7 Å². The van der Waals surface area contributed by atoms with E-state index < -0.39 is 0 Å². The van der Waals surface area contributed by atoms with Crippen molar-refractivity contribution in [2.24, 2.45) is 11.3 Å². The van der Waals surface area contributed by atoms with Crippen LogP contribution in [0.2, 0.25) is 5.02 Å². The van der Waals surface area contributed by atoms with Crippen molar-refractivity contribution in [3.63, 3.8) is 0 Å². The smallest absolute Gasteiger partial charge is 0.140 e. The Kier molecular flexibility index (Phi) is 3.12. The van der Waals surface area contributed by atoms with Crippen LogP contribution in [0.3, 0.4) is 0 Å². The summed E-state index contributed by atoms with van der Waals surface area (Å²) >= 11 is 6.05. The molecule has 96 valence electrons. The number of piperidine rings is 1. The summed E-state index contributed by atoms with van der Waals surface area (Å²) in [5.41, 5.74) is 1.23. The van der Waals surface area contributed by atoms with E-state index in [0.717, 1.165) is 37.9 Å². The summed E-state index contributed by atoms with van der Waals surface area (Å²) in [5, 5.41) is 3.96. The molecule has 2 fully saturated rings. The van der Waals surface area contributed by atoms with E-state index in [-0.39, 0.29) is 5.92 Å². The summed E-state index contributed by atoms with van der Waals surface area (Å²) in [7, 11) is 0. The fourth-order valence-corrected chi connectivity index (χ4v) is 3.32. The SMILES string of the molecule is O=C(Cc1ccncc1Cl)C1CC12CCNCC2. The number of hydrogen-bond donors (Lipinski definition) is 1. The van der Waals surface area contributed by atoms with Crippen LogP contribution in [0.15, 0.2) is 18.5 Å². The standard InChI is InChI=1S/C14H17ClN2O/c15-12-9-17-4-1-10(12)7-13(18)11-8-14(11)2-5-16-6-3-14/h1,4,9,11,16H,2-3,5-8H2. The molecule has 1 spiro atoms. The lowest BCUT2D eigenvalue weighted by molar-refractivity contribution is -0.120. The molecule has 0 amide bonds. The molecule has 1 unspecified atom stereocenters. The molecule has 1 aromatic heterocycles. The molecule has 1 saturated carbocycles. The maximum absolute atomic E-state index is 12.3. The predicted molar refractivity (Wildman–Crippen MR) is 70.6 cm³/mol. The van der Waals surface area contributed by atoms with Gasteiger partial charge in [0.1, 0.15) is 5.78 Å². The van der Waals surface area contributed by atoms with Crippen LogP contribution in [0.25, 0.3) is 0 Å². The second-order valence-corrected chi connectivity index (χ2v) is 5.89. The van der Waals surface area contributed by atoms with Crippen molar-refractivity contribution in [2.75, 3.05) is 13.1 Å². The summed E-state index contributed by atoms with van der Waals surface area (Å²) in [6.07, 6.45) is 7.14. The van der Waals surface area contributed by atoms with Crippen LogP contribution < -0.4 is 5.32 Å². The van der Waals surface area contributed by atoms with E-state index in [1.807, 2.05) is 6.07 Å². The number of carbonyl (C=O) groups excluding carboxylic acids is 1. The average molecular weight is 265 g/mol. The molecule has 1 atom stereocenters. The van der Waals surface area contributed by atoms with E-state index >= 15 is 0 Å². The van der Waals surface area contributed by atoms with Gasteiger partial charge in [-0.1, -0.05) is 11.6 Å². The van der Waals surface area contributed by atoms with Crippen LogP contribution in [0.5, 0.6) is 0 Å². The van der Waals surface area contributed by atoms with Crippen LogP contribution in [0.4, 0.5) is 0 Å². The molecule has 3 nitrogen and oxygen atoms in total. The van der Waals surface area contributed by atoms with E-state index in [1.165, 1.54) is 0 Å². The molecular formula is C14H17ClN2O. The molecule has 3 rings (SSSR count). The van der Waals surface area contributed by atoms with E-state index in [4.69, 9.17) is 11.6 Å². The van der Waals surface area contributed by atoms with Crippen molar-refractivity contribution < 1.29 is 4.79 Å². The minimum absolute atomic E-state index is 0.267. The second-order valence-electron chi connectivity index (χ2n) is 5.48. The number of ketones is 1. The molecule has 1 aliphatic heterocycles. The van der Waals surface area contributed by atoms with E-state index in [9.17, 15) is 4.79 Å². The number of pyridine rings is 1. The van der Waals surface area contributed by atoms with E-state index in [1.54, 1.807) is 12.4 Å². The minimum atomic E-state index is 0.267. The Balaban J connectivity index is 1.65. The lowest BCUT2D eigenvalue weighted by atomic mass is 9.89. The van der Waals surface area contributed by atoms with Gasteiger partial charge < -0.3 is 5.32 Å². The fourth-order valence-electron chi connectivity index (χ4n) is 3.14. The third kappa shape index (κ3) is 2.17. The topological polar surface area (TPSA) is 42.0 Å². The predicted octanol–water partition coefficient (Wildman–Crippen LogP) is 2.24. The highest BCUT2D eigenvalue weighted by Gasteiger charge is 2.56. The van der Waals surface area contributed by atoms with Gasteiger partial charge >= 0.3 is 0 Å². The quantitative estimate of drug-likeness (QED) is 0.910. The number of aromatic nitrogens is 1. The van der Waals surface area contributed by atoms with Gasteiger partial charge in [0.05, 0.1) is 5.02 Å². The molecule has 0 radical (unpaired) electrons. The summed E-state index contributed by atoms with van der Waals surface area (Å²) in [6.45, 7) is 2.11. The maximum atomic E-state index is 12.3. The third-order valence-corrected chi connectivity index (χ3v) is 4.74. The molecule has 1 N–H and O–H groups in total. The summed E-state index contributed by atoms with van der Waals surface area (Å²) in [4.78, 5) is 16.2. The van der Waals surface area contributed by atoms with Crippen LogP contribution in [0.1, 0.15) is 24.8 Å². The second kappa shape index (κ2) is 4.63. The highest BCUT2D eigenvalue weighted by atomic mass is 35.5. The zero-order chi connectivity index (χ0) is 12.6. The zero-order valence-corrected chi connectivity index (χ0v) is 11.0. The lowest BCUT2D eigenvalue weighted by Gasteiger charge is -2.23. The molecule has 1 saturated heterocycles. The lowest BCUT2D eigenvalue weighted by Crippen LogP contribution is -2.31. The fraction of sp³-hybridized carbons (Fsp3) is 0.571. The Labute approximate surface area is 112 Å². The van der Waals surface area contributed by atoms with Crippen LogP contribution in [-0.4, -0.2) is 23.9 Å². The summed E-state index contributed by atoms with van der Waals surface area (Å²) in [6, 6.07) is 1.84. The van der Waals surface area contributed by atoms with Gasteiger partial charge in [-0.3, -0.25) is 9.78 Å². The molecular weight excluding hydrogens is 248 g/mol. The van der Waals surface area contributed by atoms with Crippen molar-refractivity contribution in [3.8, 4) is 0 Å². The first-order chi connectivity index (χ1) is 8.71. The molecule has 2 heterocycles. The van der Waals surface area contributed by atoms with E-state index in [0.29, 0.717) is 22.6 Å². The molecule has 2 aliphatic rings. The summed E-state index contributed by atoms with van der Waals surface area (Å²) in [5.74, 6) is 0.619. The normalized spacial score (nSPS) is 25.1. The molecule has 18 heavy (non-hydrogen) atoms. The number of hydrogen-bond acceptors (Lipinski definition) is 3. The van der Waals surface area contributed by atoms with Gasteiger partial charge in [-0.2, -0.15) is 0 Å². The highest BCUT2D eigenvalue weighted by molar-refractivity contribution is 6.31. The number of rotatable bonds is 3. The Morgan fingerprint density at radius 2 is 2.28 bits per heavy atom. The first kappa shape index (κ1) is 12.1. The van der Waals surface area contributed by atoms with Crippen LogP contribution >= 0.6 is 11.6 Å². The summed E-state index contributed by atoms with van der Waals surface area (Å²) < 4.78 is 0. The van der Waals surface area contributed by atoms with Gasteiger partial charge in [0.15, 0.2) is 0 Å². The van der Waals surface area contributed by atoms with Gasteiger partial charge in [0.2, 0.25) is 0 Å². The Bertz CT molecular complexity index is 469. The molecule has 0 aromatic carbocycles. The van der Waals surface area contributed by atoms with Crippen molar-refractivity contribution >= 4 is 17.4 Å². The van der Waals surface area contributed by atoms with Gasteiger partial charge in [0.25, 0.3) is 0 Å². The Morgan fingerprint density at radius 1 is 1.50 bits per heavy atom. The van der Waals surface area contributed by atoms with Gasteiger partial charge in [-0.05, 0) is 49.4 Å². The minimum Gasteiger partial charge on any atom is -0.317 e. The third-order valence-electron chi connectivity index (χ3n) is 4.40. The number of nitrogens with one attached hydrogen (secondary N) is 1. The van der Waals surface area contributed by atoms with Crippen molar-refractivity contribution in [3.05, 3.63) is 29.0 Å². The van der Waals surface area contributed by atoms with Gasteiger partial charge in [-0.25, -0.2) is 0 Å². The molecule has 0 bridgehead atoms. The first-order valence-electron chi connectivity index (χ1n) is 6.53. The monoisotopic (exact) mass is 264 g/mol. The molecule has 4 heteroatoms.